The number of halogens is 3. The average Bonchev–Trinajstić information content (AvgIpc) is 3.17. The second-order valence-electron chi connectivity index (χ2n) is 6.14. The maximum atomic E-state index is 12.4. The maximum Gasteiger partial charge on any atom is 0.573 e. The number of aliphatic hydroxyl groups excluding tert-OH is 1. The van der Waals surface area contributed by atoms with Crippen molar-refractivity contribution in [1.29, 1.82) is 0 Å². The summed E-state index contributed by atoms with van der Waals surface area (Å²) in [5.74, 6) is -0.394. The first-order valence-electron chi connectivity index (χ1n) is 8.36. The van der Waals surface area contributed by atoms with Gasteiger partial charge >= 0.3 is 6.36 Å². The Bertz CT molecular complexity index is 906. The van der Waals surface area contributed by atoms with E-state index in [9.17, 15) is 26.7 Å². The van der Waals surface area contributed by atoms with E-state index >= 15 is 0 Å². The molecule has 158 valence electrons. The smallest absolute Gasteiger partial charge is 0.457 e. The van der Waals surface area contributed by atoms with Gasteiger partial charge in [-0.05, 0) is 48.5 Å². The van der Waals surface area contributed by atoms with Crippen molar-refractivity contribution < 1.29 is 45.6 Å². The molecule has 3 rings (SSSR count). The van der Waals surface area contributed by atoms with Crippen molar-refractivity contribution in [3.63, 3.8) is 0 Å². The van der Waals surface area contributed by atoms with E-state index in [1.807, 2.05) is 0 Å². The van der Waals surface area contributed by atoms with Crippen LogP contribution < -0.4 is 9.47 Å². The Balaban J connectivity index is 1.62. The van der Waals surface area contributed by atoms with Gasteiger partial charge in [0.2, 0.25) is 0 Å². The number of aliphatic hydroxyl groups is 1. The highest BCUT2D eigenvalue weighted by atomic mass is 32.2. The summed E-state index contributed by atoms with van der Waals surface area (Å²) >= 11 is 0. The van der Waals surface area contributed by atoms with Crippen LogP contribution in [0.1, 0.15) is 0 Å². The Morgan fingerprint density at radius 2 is 1.59 bits per heavy atom. The minimum atomic E-state index is -4.78. The van der Waals surface area contributed by atoms with Gasteiger partial charge in [-0.3, -0.25) is 0 Å². The fourth-order valence-electron chi connectivity index (χ4n) is 2.56. The van der Waals surface area contributed by atoms with Gasteiger partial charge in [0.1, 0.15) is 30.1 Å². The van der Waals surface area contributed by atoms with Crippen molar-refractivity contribution in [3.05, 3.63) is 48.5 Å². The van der Waals surface area contributed by atoms with Crippen molar-refractivity contribution in [2.45, 2.75) is 23.5 Å². The van der Waals surface area contributed by atoms with Gasteiger partial charge in [0, 0.05) is 0 Å². The fourth-order valence-corrected chi connectivity index (χ4v) is 3.97. The molecule has 1 aliphatic heterocycles. The summed E-state index contributed by atoms with van der Waals surface area (Å²) in [4.78, 5) is -0.0169. The molecule has 0 aliphatic carbocycles. The molecule has 1 saturated heterocycles. The standard InChI is InChI=1S/C18H17F3O7S/c19-18(20,21)28-14-3-1-12(2-4-14)27-13-5-7-15(8-6-13)29(23,24)10-16(22)17-9-25-11-26-17/h1-8,16-17,22H,9-11H2/t16-,17+/m1/s1. The normalized spacial score (nSPS) is 18.4. The molecule has 0 unspecified atom stereocenters. The quantitative estimate of drug-likeness (QED) is 0.717. The number of alkyl halides is 3. The predicted octanol–water partition coefficient (Wildman–Crippen LogP) is 2.89. The van der Waals surface area contributed by atoms with Gasteiger partial charge in [-0.1, -0.05) is 0 Å². The zero-order chi connectivity index (χ0) is 21.1. The molecule has 11 heteroatoms. The van der Waals surface area contributed by atoms with Crippen LogP contribution in [0.25, 0.3) is 0 Å². The van der Waals surface area contributed by atoms with Crippen LogP contribution in [0.4, 0.5) is 13.2 Å². The lowest BCUT2D eigenvalue weighted by Gasteiger charge is -2.16. The summed E-state index contributed by atoms with van der Waals surface area (Å²) < 4.78 is 80.6. The SMILES string of the molecule is O=S(=O)(C[C@@H](O)[C@@H]1COCO1)c1ccc(Oc2ccc(OC(F)(F)F)cc2)cc1. The Morgan fingerprint density at radius 3 is 2.10 bits per heavy atom. The Hall–Kier alpha value is -2.34. The van der Waals surface area contributed by atoms with Crippen molar-refractivity contribution in [2.24, 2.45) is 0 Å². The van der Waals surface area contributed by atoms with Crippen molar-refractivity contribution in [3.8, 4) is 17.2 Å². The molecule has 0 saturated carbocycles. The molecular weight excluding hydrogens is 417 g/mol. The number of hydrogen-bond acceptors (Lipinski definition) is 7. The molecule has 1 fully saturated rings. The zero-order valence-electron chi connectivity index (χ0n) is 14.8. The second-order valence-corrected chi connectivity index (χ2v) is 8.17. The first-order valence-corrected chi connectivity index (χ1v) is 10.0. The van der Waals surface area contributed by atoms with Gasteiger partial charge in [0.15, 0.2) is 9.84 Å². The first kappa shape index (κ1) is 21.4. The maximum absolute atomic E-state index is 12.4. The van der Waals surface area contributed by atoms with E-state index in [0.717, 1.165) is 12.1 Å². The number of hydrogen-bond donors (Lipinski definition) is 1. The van der Waals surface area contributed by atoms with Crippen LogP contribution in [-0.4, -0.2) is 51.2 Å². The Labute approximate surface area is 164 Å². The lowest BCUT2D eigenvalue weighted by molar-refractivity contribution is -0.274. The molecule has 2 aromatic rings. The van der Waals surface area contributed by atoms with Gasteiger partial charge in [0.05, 0.1) is 23.4 Å². The Morgan fingerprint density at radius 1 is 1.03 bits per heavy atom. The van der Waals surface area contributed by atoms with Gasteiger partial charge in [-0.25, -0.2) is 8.42 Å². The highest BCUT2D eigenvalue weighted by molar-refractivity contribution is 7.91. The third-order valence-electron chi connectivity index (χ3n) is 3.94. The number of benzene rings is 2. The highest BCUT2D eigenvalue weighted by Gasteiger charge is 2.31. The summed E-state index contributed by atoms with van der Waals surface area (Å²) in [7, 11) is -3.77. The van der Waals surface area contributed by atoms with Crippen LogP contribution in [0.2, 0.25) is 0 Å². The van der Waals surface area contributed by atoms with Crippen LogP contribution in [0.15, 0.2) is 53.4 Å². The van der Waals surface area contributed by atoms with E-state index in [-0.39, 0.29) is 35.5 Å². The molecule has 0 bridgehead atoms. The predicted molar refractivity (Wildman–Crippen MR) is 93.4 cm³/mol. The summed E-state index contributed by atoms with van der Waals surface area (Å²) in [5.41, 5.74) is 0. The zero-order valence-corrected chi connectivity index (χ0v) is 15.7. The van der Waals surface area contributed by atoms with Crippen molar-refractivity contribution in [1.82, 2.24) is 0 Å². The van der Waals surface area contributed by atoms with Crippen LogP contribution in [0.5, 0.6) is 17.2 Å². The van der Waals surface area contributed by atoms with E-state index in [1.54, 1.807) is 0 Å². The van der Waals surface area contributed by atoms with Gasteiger partial charge in [0.25, 0.3) is 0 Å². The molecule has 0 amide bonds. The van der Waals surface area contributed by atoms with Gasteiger partial charge < -0.3 is 24.1 Å². The lowest BCUT2D eigenvalue weighted by atomic mass is 10.2. The molecule has 2 aromatic carbocycles. The van der Waals surface area contributed by atoms with Crippen molar-refractivity contribution >= 4 is 9.84 Å². The third kappa shape index (κ3) is 6.07. The molecule has 7 nitrogen and oxygen atoms in total. The van der Waals surface area contributed by atoms with Gasteiger partial charge in [-0.2, -0.15) is 0 Å². The molecule has 0 radical (unpaired) electrons. The minimum absolute atomic E-state index is 0.0110. The topological polar surface area (TPSA) is 91.3 Å². The molecule has 29 heavy (non-hydrogen) atoms. The summed E-state index contributed by atoms with van der Waals surface area (Å²) in [6.45, 7) is 0.132. The van der Waals surface area contributed by atoms with Crippen LogP contribution in [0.3, 0.4) is 0 Å². The molecule has 1 heterocycles. The van der Waals surface area contributed by atoms with Crippen LogP contribution in [-0.2, 0) is 19.3 Å². The monoisotopic (exact) mass is 434 g/mol. The Kier molecular flexibility index (Phi) is 6.32. The van der Waals surface area contributed by atoms with E-state index in [2.05, 4.69) is 4.74 Å². The minimum Gasteiger partial charge on any atom is -0.457 e. The first-order chi connectivity index (χ1) is 13.6. The van der Waals surface area contributed by atoms with Crippen LogP contribution in [0, 0.1) is 0 Å². The summed E-state index contributed by atoms with van der Waals surface area (Å²) in [6, 6.07) is 10.2. The number of ether oxygens (including phenoxy) is 4. The summed E-state index contributed by atoms with van der Waals surface area (Å²) in [5, 5.41) is 10.00. The van der Waals surface area contributed by atoms with E-state index in [1.165, 1.54) is 36.4 Å². The fraction of sp³-hybridized carbons (Fsp3) is 0.333. The van der Waals surface area contributed by atoms with Crippen molar-refractivity contribution in [2.75, 3.05) is 19.2 Å². The summed E-state index contributed by atoms with van der Waals surface area (Å²) in [6.07, 6.45) is -6.71. The molecule has 0 aromatic heterocycles. The molecule has 1 aliphatic rings. The molecule has 1 N–H and O–H groups in total. The molecule has 2 atom stereocenters. The van der Waals surface area contributed by atoms with Crippen LogP contribution >= 0.6 is 0 Å². The lowest BCUT2D eigenvalue weighted by Crippen LogP contribution is -2.34. The average molecular weight is 434 g/mol. The van der Waals surface area contributed by atoms with E-state index in [0.29, 0.717) is 0 Å². The number of sulfone groups is 1. The highest BCUT2D eigenvalue weighted by Crippen LogP contribution is 2.28. The van der Waals surface area contributed by atoms with E-state index < -0.39 is 34.2 Å². The third-order valence-corrected chi connectivity index (χ3v) is 5.71. The second kappa shape index (κ2) is 8.57. The van der Waals surface area contributed by atoms with Gasteiger partial charge in [-0.15, -0.1) is 13.2 Å². The largest absolute Gasteiger partial charge is 0.573 e. The van der Waals surface area contributed by atoms with E-state index in [4.69, 9.17) is 14.2 Å². The number of rotatable bonds is 7. The molecule has 0 spiro atoms. The molecular formula is C18H17F3O7S.